The Morgan fingerprint density at radius 2 is 1.82 bits per heavy atom. The van der Waals surface area contributed by atoms with Gasteiger partial charge in [-0.25, -0.2) is 0 Å². The fraction of sp³-hybridized carbons (Fsp3) is 0.167. The van der Waals surface area contributed by atoms with Crippen LogP contribution in [0.5, 0.6) is 0 Å². The van der Waals surface area contributed by atoms with Crippen molar-refractivity contribution in [1.82, 2.24) is 10.3 Å². The quantitative estimate of drug-likeness (QED) is 0.716. The van der Waals surface area contributed by atoms with Crippen molar-refractivity contribution in [3.8, 4) is 0 Å². The summed E-state index contributed by atoms with van der Waals surface area (Å²) in [4.78, 5) is 15.2. The first-order valence-electron chi connectivity index (χ1n) is 7.28. The van der Waals surface area contributed by atoms with Crippen LogP contribution in [-0.4, -0.2) is 17.4 Å². The fourth-order valence-electron chi connectivity index (χ4n) is 2.45. The zero-order valence-corrected chi connectivity index (χ0v) is 13.7. The van der Waals surface area contributed by atoms with E-state index in [2.05, 4.69) is 38.4 Å². The van der Waals surface area contributed by atoms with Crippen LogP contribution in [0.2, 0.25) is 0 Å². The molecule has 22 heavy (non-hydrogen) atoms. The van der Waals surface area contributed by atoms with E-state index in [1.165, 1.54) is 10.9 Å². The minimum atomic E-state index is 0.0583. The minimum Gasteiger partial charge on any atom is -0.361 e. The molecular formula is C18H17BrN2O. The van der Waals surface area contributed by atoms with Crippen LogP contribution in [0.1, 0.15) is 11.1 Å². The van der Waals surface area contributed by atoms with Gasteiger partial charge in [0.2, 0.25) is 5.91 Å². The molecule has 0 aliphatic heterocycles. The topological polar surface area (TPSA) is 44.9 Å². The van der Waals surface area contributed by atoms with E-state index in [-0.39, 0.29) is 5.91 Å². The summed E-state index contributed by atoms with van der Waals surface area (Å²) in [5, 5.41) is 4.14. The third-order valence-corrected chi connectivity index (χ3v) is 4.16. The van der Waals surface area contributed by atoms with Gasteiger partial charge in [0.25, 0.3) is 0 Å². The van der Waals surface area contributed by atoms with Crippen molar-refractivity contribution in [1.29, 1.82) is 0 Å². The van der Waals surface area contributed by atoms with E-state index in [1.807, 2.05) is 42.6 Å². The smallest absolute Gasteiger partial charge is 0.224 e. The average Bonchev–Trinajstić information content (AvgIpc) is 2.97. The fourth-order valence-corrected chi connectivity index (χ4v) is 2.71. The van der Waals surface area contributed by atoms with E-state index in [1.54, 1.807) is 0 Å². The number of amides is 1. The van der Waals surface area contributed by atoms with Crippen LogP contribution in [-0.2, 0) is 17.6 Å². The first-order valence-corrected chi connectivity index (χ1v) is 8.07. The van der Waals surface area contributed by atoms with Crippen molar-refractivity contribution >= 4 is 32.7 Å². The molecule has 0 radical (unpaired) electrons. The number of benzene rings is 2. The van der Waals surface area contributed by atoms with Crippen LogP contribution in [0, 0.1) is 0 Å². The second kappa shape index (κ2) is 6.79. The van der Waals surface area contributed by atoms with E-state index in [9.17, 15) is 4.79 Å². The Morgan fingerprint density at radius 3 is 2.64 bits per heavy atom. The standard InChI is InChI=1S/C18H17BrN2O/c19-16-5-2-13(3-6-16)7-9-21-18(22)12-14-1-4-15-8-10-20-17(15)11-14/h1-6,8,10-11,20H,7,9,12H2,(H,21,22). The molecule has 0 saturated carbocycles. The monoisotopic (exact) mass is 356 g/mol. The second-order valence-corrected chi connectivity index (χ2v) is 6.22. The van der Waals surface area contributed by atoms with E-state index >= 15 is 0 Å². The first-order chi connectivity index (χ1) is 10.7. The number of rotatable bonds is 5. The first kappa shape index (κ1) is 14.9. The number of hydrogen-bond acceptors (Lipinski definition) is 1. The van der Waals surface area contributed by atoms with Gasteiger partial charge in [0.15, 0.2) is 0 Å². The molecule has 0 aliphatic carbocycles. The van der Waals surface area contributed by atoms with Crippen molar-refractivity contribution in [2.24, 2.45) is 0 Å². The summed E-state index contributed by atoms with van der Waals surface area (Å²) in [6.45, 7) is 0.658. The number of hydrogen-bond donors (Lipinski definition) is 2. The molecule has 0 unspecified atom stereocenters. The number of aromatic amines is 1. The number of carbonyl (C=O) groups excluding carboxylic acids is 1. The van der Waals surface area contributed by atoms with Crippen molar-refractivity contribution in [3.05, 3.63) is 70.3 Å². The zero-order chi connectivity index (χ0) is 15.4. The maximum Gasteiger partial charge on any atom is 0.224 e. The third-order valence-electron chi connectivity index (χ3n) is 3.63. The molecule has 0 aliphatic rings. The van der Waals surface area contributed by atoms with E-state index < -0.39 is 0 Å². The highest BCUT2D eigenvalue weighted by atomic mass is 79.9. The Balaban J connectivity index is 1.50. The summed E-state index contributed by atoms with van der Waals surface area (Å²) in [5.74, 6) is 0.0583. The van der Waals surface area contributed by atoms with Gasteiger partial charge in [-0.15, -0.1) is 0 Å². The Labute approximate surface area is 137 Å². The Bertz CT molecular complexity index is 777. The van der Waals surface area contributed by atoms with E-state index in [0.29, 0.717) is 13.0 Å². The molecule has 3 aromatic rings. The van der Waals surface area contributed by atoms with Gasteiger partial charge in [-0.05, 0) is 47.2 Å². The summed E-state index contributed by atoms with van der Waals surface area (Å²) in [5.41, 5.74) is 3.31. The molecule has 3 rings (SSSR count). The molecule has 0 atom stereocenters. The maximum atomic E-state index is 12.0. The summed E-state index contributed by atoms with van der Waals surface area (Å²) >= 11 is 3.42. The van der Waals surface area contributed by atoms with Gasteiger partial charge in [0, 0.05) is 22.7 Å². The van der Waals surface area contributed by atoms with Crippen LogP contribution in [0.4, 0.5) is 0 Å². The Hall–Kier alpha value is -2.07. The summed E-state index contributed by atoms with van der Waals surface area (Å²) in [6.07, 6.45) is 3.16. The van der Waals surface area contributed by atoms with E-state index in [4.69, 9.17) is 0 Å². The number of halogens is 1. The van der Waals surface area contributed by atoms with E-state index in [0.717, 1.165) is 22.0 Å². The Morgan fingerprint density at radius 1 is 1.05 bits per heavy atom. The lowest BCUT2D eigenvalue weighted by atomic mass is 10.1. The van der Waals surface area contributed by atoms with Gasteiger partial charge >= 0.3 is 0 Å². The highest BCUT2D eigenvalue weighted by molar-refractivity contribution is 9.10. The molecule has 2 aromatic carbocycles. The van der Waals surface area contributed by atoms with Crippen molar-refractivity contribution in [2.75, 3.05) is 6.54 Å². The normalized spacial score (nSPS) is 10.8. The van der Waals surface area contributed by atoms with Gasteiger partial charge < -0.3 is 10.3 Å². The highest BCUT2D eigenvalue weighted by Crippen LogP contribution is 2.14. The minimum absolute atomic E-state index is 0.0583. The molecule has 0 fully saturated rings. The molecule has 4 heteroatoms. The Kier molecular flexibility index (Phi) is 4.59. The molecule has 3 nitrogen and oxygen atoms in total. The molecule has 2 N–H and O–H groups in total. The number of H-pyrrole nitrogens is 1. The predicted molar refractivity (Wildman–Crippen MR) is 92.9 cm³/mol. The lowest BCUT2D eigenvalue weighted by molar-refractivity contribution is -0.120. The molecule has 1 heterocycles. The van der Waals surface area contributed by atoms with Crippen LogP contribution in [0.25, 0.3) is 10.9 Å². The highest BCUT2D eigenvalue weighted by Gasteiger charge is 2.04. The van der Waals surface area contributed by atoms with Crippen LogP contribution in [0.3, 0.4) is 0 Å². The maximum absolute atomic E-state index is 12.0. The molecule has 1 aromatic heterocycles. The largest absolute Gasteiger partial charge is 0.361 e. The van der Waals surface area contributed by atoms with Gasteiger partial charge in [-0.3, -0.25) is 4.79 Å². The van der Waals surface area contributed by atoms with Crippen molar-refractivity contribution in [3.63, 3.8) is 0 Å². The second-order valence-electron chi connectivity index (χ2n) is 5.30. The van der Waals surface area contributed by atoms with Gasteiger partial charge in [0.1, 0.15) is 0 Å². The summed E-state index contributed by atoms with van der Waals surface area (Å²) in [7, 11) is 0. The van der Waals surface area contributed by atoms with Gasteiger partial charge in [-0.2, -0.15) is 0 Å². The molecular weight excluding hydrogens is 340 g/mol. The van der Waals surface area contributed by atoms with Gasteiger partial charge in [0.05, 0.1) is 6.42 Å². The lowest BCUT2D eigenvalue weighted by Gasteiger charge is -2.06. The lowest BCUT2D eigenvalue weighted by Crippen LogP contribution is -2.27. The van der Waals surface area contributed by atoms with Crippen molar-refractivity contribution < 1.29 is 4.79 Å². The van der Waals surface area contributed by atoms with Crippen LogP contribution in [0.15, 0.2) is 59.2 Å². The third kappa shape index (κ3) is 3.77. The SMILES string of the molecule is O=C(Cc1ccc2cc[nH]c2c1)NCCc1ccc(Br)cc1. The number of aromatic nitrogens is 1. The molecule has 0 saturated heterocycles. The molecule has 0 bridgehead atoms. The predicted octanol–water partition coefficient (Wildman–Crippen LogP) is 3.83. The van der Waals surface area contributed by atoms with Crippen molar-refractivity contribution in [2.45, 2.75) is 12.8 Å². The van der Waals surface area contributed by atoms with Crippen LogP contribution >= 0.6 is 15.9 Å². The molecule has 1 amide bonds. The number of carbonyl (C=O) groups is 1. The number of fused-ring (bicyclic) bond motifs is 1. The molecule has 112 valence electrons. The van der Waals surface area contributed by atoms with Crippen LogP contribution < -0.4 is 5.32 Å². The number of nitrogens with one attached hydrogen (secondary N) is 2. The average molecular weight is 357 g/mol. The zero-order valence-electron chi connectivity index (χ0n) is 12.1. The molecule has 0 spiro atoms. The van der Waals surface area contributed by atoms with Gasteiger partial charge in [-0.1, -0.05) is 40.2 Å². The summed E-state index contributed by atoms with van der Waals surface area (Å²) in [6, 6.07) is 16.3. The summed E-state index contributed by atoms with van der Waals surface area (Å²) < 4.78 is 1.07.